The number of nitrogens with two attached hydrogens (primary N) is 2. The Bertz CT molecular complexity index is 65.5. The molecule has 0 bridgehead atoms. The van der Waals surface area contributed by atoms with Crippen LogP contribution in [0.15, 0.2) is 0 Å². The Balaban J connectivity index is 3.43. The first-order valence-electron chi connectivity index (χ1n) is 3.70. The highest BCUT2D eigenvalue weighted by atomic mass is 28.3. The molecule has 0 saturated heterocycles. The molecule has 0 atom stereocenters. The van der Waals surface area contributed by atoms with Gasteiger partial charge in [0.2, 0.25) is 0 Å². The van der Waals surface area contributed by atoms with E-state index in [4.69, 9.17) is 10.8 Å². The molecular formula is C6H18N2Si. The molecule has 0 aromatic carbocycles. The largest absolute Gasteiger partial charge is 0.339 e. The molecule has 0 aromatic rings. The van der Waals surface area contributed by atoms with E-state index in [1.807, 2.05) is 0 Å². The molecule has 56 valence electrons. The van der Waals surface area contributed by atoms with Crippen LogP contribution in [0.25, 0.3) is 0 Å². The average Bonchev–Trinajstić information content (AvgIpc) is 1.64. The van der Waals surface area contributed by atoms with Gasteiger partial charge in [0.15, 0.2) is 8.40 Å². The second-order valence-corrected chi connectivity index (χ2v) is 6.20. The molecule has 0 fully saturated rings. The topological polar surface area (TPSA) is 52.0 Å². The van der Waals surface area contributed by atoms with Crippen molar-refractivity contribution in [3.63, 3.8) is 0 Å². The van der Waals surface area contributed by atoms with Crippen molar-refractivity contribution >= 4 is 8.40 Å². The lowest BCUT2D eigenvalue weighted by Gasteiger charge is -2.18. The van der Waals surface area contributed by atoms with Gasteiger partial charge in [-0.1, -0.05) is 26.7 Å². The van der Waals surface area contributed by atoms with E-state index in [0.29, 0.717) is 0 Å². The van der Waals surface area contributed by atoms with Crippen LogP contribution in [-0.4, -0.2) is 8.40 Å². The van der Waals surface area contributed by atoms with Crippen LogP contribution < -0.4 is 10.8 Å². The average molecular weight is 146 g/mol. The number of hydrogen-bond acceptors (Lipinski definition) is 2. The fraction of sp³-hybridized carbons (Fsp3) is 1.00. The van der Waals surface area contributed by atoms with E-state index in [2.05, 4.69) is 13.8 Å². The van der Waals surface area contributed by atoms with Crippen molar-refractivity contribution in [2.75, 3.05) is 0 Å². The molecule has 4 N–H and O–H groups in total. The first kappa shape index (κ1) is 9.14. The molecule has 0 aliphatic rings. The lowest BCUT2D eigenvalue weighted by molar-refractivity contribution is 0.962. The number of rotatable bonds is 4. The lowest BCUT2D eigenvalue weighted by atomic mass is 10.6. The van der Waals surface area contributed by atoms with Crippen molar-refractivity contribution < 1.29 is 0 Å². The highest BCUT2D eigenvalue weighted by Gasteiger charge is 2.19. The fourth-order valence-electron chi connectivity index (χ4n) is 1.06. The second-order valence-electron chi connectivity index (χ2n) is 2.73. The Morgan fingerprint density at radius 1 is 1.00 bits per heavy atom. The minimum Gasteiger partial charge on any atom is -0.339 e. The molecule has 0 radical (unpaired) electrons. The SMILES string of the molecule is CCC[Si](N)(N)CCC. The van der Waals surface area contributed by atoms with Crippen LogP contribution in [0.2, 0.25) is 12.1 Å². The minimum absolute atomic E-state index is 1.07. The zero-order chi connectivity index (χ0) is 7.33. The third-order valence-electron chi connectivity index (χ3n) is 1.43. The molecule has 0 aliphatic heterocycles. The molecule has 0 rings (SSSR count). The third-order valence-corrected chi connectivity index (χ3v) is 4.29. The summed E-state index contributed by atoms with van der Waals surface area (Å²) in [7, 11) is -1.70. The van der Waals surface area contributed by atoms with Gasteiger partial charge in [-0.2, -0.15) is 0 Å². The van der Waals surface area contributed by atoms with E-state index in [1.54, 1.807) is 0 Å². The van der Waals surface area contributed by atoms with E-state index in [9.17, 15) is 0 Å². The Morgan fingerprint density at radius 3 is 1.56 bits per heavy atom. The van der Waals surface area contributed by atoms with E-state index >= 15 is 0 Å². The van der Waals surface area contributed by atoms with Crippen molar-refractivity contribution in [1.29, 1.82) is 0 Å². The second kappa shape index (κ2) is 4.03. The van der Waals surface area contributed by atoms with Crippen molar-refractivity contribution in [3.8, 4) is 0 Å². The highest BCUT2D eigenvalue weighted by molar-refractivity contribution is 6.73. The Kier molecular flexibility index (Phi) is 4.09. The standard InChI is InChI=1S/C6H18N2Si/c1-3-5-9(7,8)6-4-2/h3-8H2,1-2H3. The van der Waals surface area contributed by atoms with Gasteiger partial charge in [-0.25, -0.2) is 0 Å². The Hall–Kier alpha value is 0.137. The fourth-order valence-corrected chi connectivity index (χ4v) is 3.17. The monoisotopic (exact) mass is 146 g/mol. The summed E-state index contributed by atoms with van der Waals surface area (Å²) in [6.07, 6.45) is 2.28. The van der Waals surface area contributed by atoms with Crippen molar-refractivity contribution in [2.45, 2.75) is 38.8 Å². The summed E-state index contributed by atoms with van der Waals surface area (Å²) < 4.78 is 0. The minimum atomic E-state index is -1.70. The van der Waals surface area contributed by atoms with Gasteiger partial charge in [0, 0.05) is 0 Å². The summed E-state index contributed by atoms with van der Waals surface area (Å²) >= 11 is 0. The molecule has 0 amide bonds. The van der Waals surface area contributed by atoms with Gasteiger partial charge >= 0.3 is 0 Å². The summed E-state index contributed by atoms with van der Waals surface area (Å²) in [4.78, 5) is 0. The molecule has 9 heavy (non-hydrogen) atoms. The Morgan fingerprint density at radius 2 is 1.33 bits per heavy atom. The molecule has 0 aliphatic carbocycles. The normalized spacial score (nSPS) is 12.0. The van der Waals surface area contributed by atoms with E-state index in [1.165, 1.54) is 0 Å². The molecule has 0 saturated carbocycles. The van der Waals surface area contributed by atoms with Crippen LogP contribution in [0.4, 0.5) is 0 Å². The summed E-state index contributed by atoms with van der Waals surface area (Å²) in [5, 5.41) is 11.7. The van der Waals surface area contributed by atoms with Gasteiger partial charge in [-0.15, -0.1) is 0 Å². The van der Waals surface area contributed by atoms with Gasteiger partial charge in [0.05, 0.1) is 0 Å². The maximum Gasteiger partial charge on any atom is 0.196 e. The predicted molar refractivity (Wildman–Crippen MR) is 44.3 cm³/mol. The highest BCUT2D eigenvalue weighted by Crippen LogP contribution is 2.06. The lowest BCUT2D eigenvalue weighted by Crippen LogP contribution is -2.55. The quantitative estimate of drug-likeness (QED) is 0.585. The maximum absolute atomic E-state index is 5.85. The smallest absolute Gasteiger partial charge is 0.196 e. The van der Waals surface area contributed by atoms with Crippen LogP contribution in [0.3, 0.4) is 0 Å². The Labute approximate surface area is 58.8 Å². The van der Waals surface area contributed by atoms with Gasteiger partial charge in [-0.05, 0) is 12.1 Å². The van der Waals surface area contributed by atoms with Crippen molar-refractivity contribution in [3.05, 3.63) is 0 Å². The summed E-state index contributed by atoms with van der Waals surface area (Å²) in [5.74, 6) is 0. The van der Waals surface area contributed by atoms with Crippen LogP contribution in [0.5, 0.6) is 0 Å². The van der Waals surface area contributed by atoms with Gasteiger partial charge < -0.3 is 10.8 Å². The van der Waals surface area contributed by atoms with Crippen LogP contribution in [-0.2, 0) is 0 Å². The van der Waals surface area contributed by atoms with Gasteiger partial charge in [0.25, 0.3) is 0 Å². The molecule has 3 heteroatoms. The van der Waals surface area contributed by atoms with Gasteiger partial charge in [-0.3, -0.25) is 0 Å². The first-order chi connectivity index (χ1) is 4.12. The van der Waals surface area contributed by atoms with Crippen LogP contribution >= 0.6 is 0 Å². The third kappa shape index (κ3) is 4.63. The van der Waals surface area contributed by atoms with E-state index in [0.717, 1.165) is 24.9 Å². The molecular weight excluding hydrogens is 128 g/mol. The molecule has 0 spiro atoms. The zero-order valence-corrected chi connectivity index (χ0v) is 7.48. The van der Waals surface area contributed by atoms with Gasteiger partial charge in [0.1, 0.15) is 0 Å². The van der Waals surface area contributed by atoms with E-state index in [-0.39, 0.29) is 0 Å². The maximum atomic E-state index is 5.85. The number of hydrogen-bond donors (Lipinski definition) is 2. The first-order valence-corrected chi connectivity index (χ1v) is 6.27. The van der Waals surface area contributed by atoms with Crippen molar-refractivity contribution in [1.82, 2.24) is 0 Å². The molecule has 0 heterocycles. The van der Waals surface area contributed by atoms with Crippen LogP contribution in [0.1, 0.15) is 26.7 Å². The van der Waals surface area contributed by atoms with E-state index < -0.39 is 8.40 Å². The predicted octanol–water partition coefficient (Wildman–Crippen LogP) is 1.17. The summed E-state index contributed by atoms with van der Waals surface area (Å²) in [6.45, 7) is 4.27. The summed E-state index contributed by atoms with van der Waals surface area (Å²) in [6, 6.07) is 2.14. The molecule has 0 unspecified atom stereocenters. The van der Waals surface area contributed by atoms with Crippen LogP contribution in [0, 0.1) is 0 Å². The molecule has 0 aromatic heterocycles. The van der Waals surface area contributed by atoms with Crippen molar-refractivity contribution in [2.24, 2.45) is 10.8 Å². The summed E-state index contributed by atoms with van der Waals surface area (Å²) in [5.41, 5.74) is 0. The zero-order valence-electron chi connectivity index (χ0n) is 6.48. The molecule has 2 nitrogen and oxygen atoms in total.